The highest BCUT2D eigenvalue weighted by Crippen LogP contribution is 2.24. The Balaban J connectivity index is 1.63. The van der Waals surface area contributed by atoms with E-state index in [1.807, 2.05) is 29.8 Å². The first kappa shape index (κ1) is 20.1. The summed E-state index contributed by atoms with van der Waals surface area (Å²) >= 11 is 1.32. The molecule has 1 amide bonds. The van der Waals surface area contributed by atoms with Crippen molar-refractivity contribution in [3.8, 4) is 11.4 Å². The van der Waals surface area contributed by atoms with E-state index < -0.39 is 0 Å². The summed E-state index contributed by atoms with van der Waals surface area (Å²) in [5, 5.41) is 14.7. The van der Waals surface area contributed by atoms with Crippen molar-refractivity contribution in [1.82, 2.24) is 25.0 Å². The predicted octanol–water partition coefficient (Wildman–Crippen LogP) is 4.32. The van der Waals surface area contributed by atoms with E-state index in [1.165, 1.54) is 17.3 Å². The molecule has 0 saturated heterocycles. The smallest absolute Gasteiger partial charge is 0.238 e. The lowest BCUT2D eigenvalue weighted by molar-refractivity contribution is -0.115. The van der Waals surface area contributed by atoms with Crippen LogP contribution >= 0.6 is 11.8 Å². The summed E-state index contributed by atoms with van der Waals surface area (Å²) in [6.07, 6.45) is 3.64. The molecule has 1 aromatic carbocycles. The fraction of sp³-hybridized carbons (Fsp3) is 0.400. The van der Waals surface area contributed by atoms with E-state index in [2.05, 4.69) is 58.5 Å². The second-order valence-electron chi connectivity index (χ2n) is 6.68. The summed E-state index contributed by atoms with van der Waals surface area (Å²) in [6, 6.07) is 10.3. The number of aromatic amines is 1. The van der Waals surface area contributed by atoms with Crippen LogP contribution in [-0.4, -0.2) is 36.1 Å². The molecule has 3 rings (SSSR count). The molecule has 0 radical (unpaired) electrons. The first-order valence-electron chi connectivity index (χ1n) is 9.54. The van der Waals surface area contributed by atoms with E-state index in [-0.39, 0.29) is 17.2 Å². The molecule has 0 saturated carbocycles. The lowest BCUT2D eigenvalue weighted by Crippen LogP contribution is -2.24. The lowest BCUT2D eigenvalue weighted by Gasteiger charge is -2.15. The summed E-state index contributed by atoms with van der Waals surface area (Å²) < 4.78 is 1.83. The maximum atomic E-state index is 12.6. The highest BCUT2D eigenvalue weighted by atomic mass is 32.2. The molecule has 148 valence electrons. The van der Waals surface area contributed by atoms with Gasteiger partial charge in [0.25, 0.3) is 0 Å². The number of carbonyl (C=O) groups is 1. The van der Waals surface area contributed by atoms with Crippen molar-refractivity contribution in [2.45, 2.75) is 57.0 Å². The average Bonchev–Trinajstić information content (AvgIpc) is 3.37. The Bertz CT molecular complexity index is 917. The minimum absolute atomic E-state index is 0.103. The van der Waals surface area contributed by atoms with E-state index >= 15 is 0 Å². The van der Waals surface area contributed by atoms with Crippen molar-refractivity contribution < 1.29 is 4.79 Å². The number of nitrogens with zero attached hydrogens (tertiary/aromatic N) is 4. The molecule has 2 N–H and O–H groups in total. The number of thioether (sulfide) groups is 1. The molecule has 2 aromatic heterocycles. The summed E-state index contributed by atoms with van der Waals surface area (Å²) in [6.45, 7) is 8.13. The Hall–Kier alpha value is -2.61. The van der Waals surface area contributed by atoms with Crippen LogP contribution in [0.25, 0.3) is 11.4 Å². The third-order valence-corrected chi connectivity index (χ3v) is 5.64. The molecule has 0 fully saturated rings. The highest BCUT2D eigenvalue weighted by molar-refractivity contribution is 8.00. The molecule has 0 aliphatic carbocycles. The number of benzene rings is 1. The number of hydrogen-bond acceptors (Lipinski definition) is 5. The van der Waals surface area contributed by atoms with Crippen LogP contribution in [0, 0.1) is 0 Å². The van der Waals surface area contributed by atoms with Gasteiger partial charge in [-0.2, -0.15) is 5.10 Å². The van der Waals surface area contributed by atoms with Crippen molar-refractivity contribution in [3.05, 3.63) is 42.1 Å². The van der Waals surface area contributed by atoms with Crippen molar-refractivity contribution >= 4 is 23.5 Å². The minimum atomic E-state index is -0.341. The molecular formula is C20H26N6OS. The van der Waals surface area contributed by atoms with Crippen molar-refractivity contribution in [2.75, 3.05) is 5.32 Å². The number of hydrogen-bond donors (Lipinski definition) is 2. The summed E-state index contributed by atoms with van der Waals surface area (Å²) in [4.78, 5) is 17.1. The van der Waals surface area contributed by atoms with Gasteiger partial charge in [0.1, 0.15) is 5.82 Å². The van der Waals surface area contributed by atoms with Crippen LogP contribution in [0.5, 0.6) is 0 Å². The van der Waals surface area contributed by atoms with E-state index in [1.54, 1.807) is 6.20 Å². The molecule has 0 aliphatic heterocycles. The zero-order valence-corrected chi connectivity index (χ0v) is 17.5. The largest absolute Gasteiger partial charge is 0.310 e. The van der Waals surface area contributed by atoms with Crippen LogP contribution in [0.15, 0.2) is 41.7 Å². The van der Waals surface area contributed by atoms with Gasteiger partial charge in [-0.05, 0) is 32.3 Å². The first-order valence-corrected chi connectivity index (χ1v) is 10.4. The minimum Gasteiger partial charge on any atom is -0.310 e. The Labute approximate surface area is 169 Å². The maximum Gasteiger partial charge on any atom is 0.238 e. The summed E-state index contributed by atoms with van der Waals surface area (Å²) in [7, 11) is 0. The Kier molecular flexibility index (Phi) is 6.51. The molecule has 0 bridgehead atoms. The number of carbonyl (C=O) groups excluding carboxylic acids is 1. The number of anilines is 1. The topological polar surface area (TPSA) is 88.5 Å². The second-order valence-corrected chi connectivity index (χ2v) is 7.99. The van der Waals surface area contributed by atoms with Gasteiger partial charge in [0.15, 0.2) is 5.82 Å². The maximum absolute atomic E-state index is 12.6. The van der Waals surface area contributed by atoms with Gasteiger partial charge < -0.3 is 5.32 Å². The predicted molar refractivity (Wildman–Crippen MR) is 112 cm³/mol. The van der Waals surface area contributed by atoms with Gasteiger partial charge in [-0.1, -0.05) is 49.9 Å². The fourth-order valence-corrected chi connectivity index (χ4v) is 3.43. The highest BCUT2D eigenvalue weighted by Gasteiger charge is 2.19. The summed E-state index contributed by atoms with van der Waals surface area (Å²) in [5.41, 5.74) is 2.26. The molecule has 7 nitrogen and oxygen atoms in total. The van der Waals surface area contributed by atoms with Crippen LogP contribution in [0.2, 0.25) is 0 Å². The van der Waals surface area contributed by atoms with Crippen LogP contribution in [0.3, 0.4) is 0 Å². The Morgan fingerprint density at radius 3 is 2.64 bits per heavy atom. The van der Waals surface area contributed by atoms with Crippen molar-refractivity contribution in [3.63, 3.8) is 0 Å². The third kappa shape index (κ3) is 4.62. The number of aryl methyl sites for hydroxylation is 1. The number of H-pyrrole nitrogens is 1. The Morgan fingerprint density at radius 2 is 1.96 bits per heavy atom. The zero-order valence-electron chi connectivity index (χ0n) is 16.6. The van der Waals surface area contributed by atoms with Crippen molar-refractivity contribution in [2.24, 2.45) is 0 Å². The molecule has 2 atom stereocenters. The lowest BCUT2D eigenvalue weighted by atomic mass is 10.1. The molecule has 8 heteroatoms. The normalized spacial score (nSPS) is 13.3. The summed E-state index contributed by atoms with van der Waals surface area (Å²) in [5.74, 6) is 1.31. The standard InChI is InChI=1S/C20H26N6OS/c1-5-13(3)26-17(11-12-21-26)22-19(27)14(4)28-20-23-18(24-25-20)16-9-7-15(6-2)8-10-16/h7-14H,5-6H2,1-4H3,(H,22,27)(H,23,24,25)/t13-,14-/m0/s1. The van der Waals surface area contributed by atoms with E-state index in [0.29, 0.717) is 16.8 Å². The number of amides is 1. The van der Waals surface area contributed by atoms with Gasteiger partial charge in [-0.3, -0.25) is 9.89 Å². The van der Waals surface area contributed by atoms with Crippen LogP contribution in [0.1, 0.15) is 45.7 Å². The molecule has 28 heavy (non-hydrogen) atoms. The molecule has 2 heterocycles. The van der Waals surface area contributed by atoms with E-state index in [0.717, 1.165) is 18.4 Å². The van der Waals surface area contributed by atoms with E-state index in [9.17, 15) is 4.79 Å². The quantitative estimate of drug-likeness (QED) is 0.552. The monoisotopic (exact) mass is 398 g/mol. The molecule has 0 unspecified atom stereocenters. The van der Waals surface area contributed by atoms with E-state index in [4.69, 9.17) is 0 Å². The van der Waals surface area contributed by atoms with Crippen LogP contribution in [-0.2, 0) is 11.2 Å². The number of rotatable bonds is 8. The van der Waals surface area contributed by atoms with Gasteiger partial charge in [0.05, 0.1) is 17.5 Å². The molecular weight excluding hydrogens is 372 g/mol. The van der Waals surface area contributed by atoms with Gasteiger partial charge in [0.2, 0.25) is 11.1 Å². The molecule has 0 spiro atoms. The Morgan fingerprint density at radius 1 is 1.21 bits per heavy atom. The molecule has 0 aliphatic rings. The van der Waals surface area contributed by atoms with Gasteiger partial charge in [-0.15, -0.1) is 5.10 Å². The SMILES string of the molecule is CCc1ccc(-c2nc(S[C@@H](C)C(=O)Nc3ccnn3[C@@H](C)CC)n[nH]2)cc1. The van der Waals surface area contributed by atoms with Crippen molar-refractivity contribution in [1.29, 1.82) is 0 Å². The van der Waals surface area contributed by atoms with Crippen LogP contribution in [0.4, 0.5) is 5.82 Å². The molecule has 3 aromatic rings. The zero-order chi connectivity index (χ0) is 20.1. The average molecular weight is 399 g/mol. The number of nitrogens with one attached hydrogen (secondary N) is 2. The van der Waals surface area contributed by atoms with Gasteiger partial charge >= 0.3 is 0 Å². The first-order chi connectivity index (χ1) is 13.5. The van der Waals surface area contributed by atoms with Gasteiger partial charge in [0, 0.05) is 11.6 Å². The fourth-order valence-electron chi connectivity index (χ4n) is 2.70. The third-order valence-electron chi connectivity index (χ3n) is 4.68. The van der Waals surface area contributed by atoms with Gasteiger partial charge in [-0.25, -0.2) is 9.67 Å². The van der Waals surface area contributed by atoms with Crippen LogP contribution < -0.4 is 5.32 Å². The number of aromatic nitrogens is 5. The second kappa shape index (κ2) is 9.05.